The molecule has 0 atom stereocenters. The van der Waals surface area contributed by atoms with Crippen LogP contribution in [-0.4, -0.2) is 55.3 Å². The lowest BCUT2D eigenvalue weighted by Gasteiger charge is -2.22. The van der Waals surface area contributed by atoms with Crippen molar-refractivity contribution in [2.75, 3.05) is 44.4 Å². The third-order valence-electron chi connectivity index (χ3n) is 4.31. The molecule has 0 fully saturated rings. The molecule has 0 saturated carbocycles. The van der Waals surface area contributed by atoms with Gasteiger partial charge in [-0.05, 0) is 57.1 Å². The van der Waals surface area contributed by atoms with Crippen LogP contribution in [0, 0.1) is 0 Å². The number of hydrogen-bond acceptors (Lipinski definition) is 6. The van der Waals surface area contributed by atoms with Gasteiger partial charge in [0.2, 0.25) is 0 Å². The summed E-state index contributed by atoms with van der Waals surface area (Å²) in [6, 6.07) is 13.7. The van der Waals surface area contributed by atoms with E-state index in [4.69, 9.17) is 9.72 Å². The third kappa shape index (κ3) is 5.29. The minimum Gasteiger partial charge on any atom is -0.492 e. The van der Waals surface area contributed by atoms with Gasteiger partial charge in [-0.25, -0.2) is 4.98 Å². The van der Waals surface area contributed by atoms with E-state index in [1.165, 1.54) is 11.3 Å². The normalized spacial score (nSPS) is 11.2. The molecule has 1 amide bonds. The van der Waals surface area contributed by atoms with Gasteiger partial charge in [-0.15, -0.1) is 11.8 Å². The van der Waals surface area contributed by atoms with Crippen molar-refractivity contribution in [2.24, 2.45) is 0 Å². The number of thioether (sulfide) groups is 1. The zero-order valence-corrected chi connectivity index (χ0v) is 19.0. The Morgan fingerprint density at radius 3 is 2.66 bits per heavy atom. The standard InChI is InChI=1S/C22H27N3O2S2/c1-5-27-18-11-8-12-19-20(18)23-22(29-19)25(14-13-24(3)4)21(26)16-9-7-10-17(15-16)28-6-2/h7-12,15H,5-6,13-14H2,1-4H3. The quantitative estimate of drug-likeness (QED) is 0.447. The zero-order valence-electron chi connectivity index (χ0n) is 17.3. The first-order valence-corrected chi connectivity index (χ1v) is 11.6. The minimum atomic E-state index is -0.0255. The predicted octanol–water partition coefficient (Wildman–Crippen LogP) is 5.02. The molecule has 3 aromatic rings. The summed E-state index contributed by atoms with van der Waals surface area (Å²) in [5, 5.41) is 0.701. The number of nitrogens with zero attached hydrogens (tertiary/aromatic N) is 3. The maximum absolute atomic E-state index is 13.4. The van der Waals surface area contributed by atoms with Crippen molar-refractivity contribution >= 4 is 44.4 Å². The molecule has 0 bridgehead atoms. The summed E-state index contributed by atoms with van der Waals surface area (Å²) in [6.45, 7) is 5.97. The van der Waals surface area contributed by atoms with Gasteiger partial charge in [-0.3, -0.25) is 9.69 Å². The monoisotopic (exact) mass is 429 g/mol. The molecule has 0 aliphatic rings. The average molecular weight is 430 g/mol. The van der Waals surface area contributed by atoms with Crippen molar-refractivity contribution in [2.45, 2.75) is 18.7 Å². The largest absolute Gasteiger partial charge is 0.492 e. The van der Waals surface area contributed by atoms with Crippen LogP contribution in [0.3, 0.4) is 0 Å². The summed E-state index contributed by atoms with van der Waals surface area (Å²) in [7, 11) is 4.01. The zero-order chi connectivity index (χ0) is 20.8. The molecule has 154 valence electrons. The molecule has 1 heterocycles. The third-order valence-corrected chi connectivity index (χ3v) is 6.23. The maximum atomic E-state index is 13.4. The number of amides is 1. The van der Waals surface area contributed by atoms with Crippen LogP contribution >= 0.6 is 23.1 Å². The molecule has 5 nitrogen and oxygen atoms in total. The van der Waals surface area contributed by atoms with E-state index in [0.717, 1.165) is 33.2 Å². The van der Waals surface area contributed by atoms with E-state index in [1.807, 2.05) is 63.5 Å². The molecular weight excluding hydrogens is 402 g/mol. The van der Waals surface area contributed by atoms with Crippen LogP contribution in [0.2, 0.25) is 0 Å². The highest BCUT2D eigenvalue weighted by Gasteiger charge is 2.22. The first kappa shape index (κ1) is 21.6. The van der Waals surface area contributed by atoms with Crippen molar-refractivity contribution in [3.63, 3.8) is 0 Å². The van der Waals surface area contributed by atoms with E-state index in [9.17, 15) is 4.79 Å². The Kier molecular flexibility index (Phi) is 7.52. The number of benzene rings is 2. The van der Waals surface area contributed by atoms with Crippen molar-refractivity contribution in [3.8, 4) is 5.75 Å². The van der Waals surface area contributed by atoms with Crippen LogP contribution in [0.1, 0.15) is 24.2 Å². The van der Waals surface area contributed by atoms with Gasteiger partial charge < -0.3 is 9.64 Å². The smallest absolute Gasteiger partial charge is 0.260 e. The second-order valence-electron chi connectivity index (χ2n) is 6.75. The number of anilines is 1. The molecule has 0 aliphatic carbocycles. The van der Waals surface area contributed by atoms with Crippen molar-refractivity contribution < 1.29 is 9.53 Å². The van der Waals surface area contributed by atoms with E-state index in [2.05, 4.69) is 11.8 Å². The number of thiazole rings is 1. The summed E-state index contributed by atoms with van der Waals surface area (Å²) < 4.78 is 6.75. The van der Waals surface area contributed by atoms with Crippen LogP contribution in [0.25, 0.3) is 10.2 Å². The van der Waals surface area contributed by atoms with E-state index in [1.54, 1.807) is 16.7 Å². The number of likely N-dealkylation sites (N-methyl/N-ethyl adjacent to an activating group) is 1. The molecule has 0 radical (unpaired) electrons. The lowest BCUT2D eigenvalue weighted by Crippen LogP contribution is -2.36. The first-order chi connectivity index (χ1) is 14.0. The summed E-state index contributed by atoms with van der Waals surface area (Å²) >= 11 is 3.26. The van der Waals surface area contributed by atoms with Gasteiger partial charge in [0.15, 0.2) is 5.13 Å². The number of hydrogen-bond donors (Lipinski definition) is 0. The molecule has 0 aliphatic heterocycles. The highest BCUT2D eigenvalue weighted by molar-refractivity contribution is 7.99. The van der Waals surface area contributed by atoms with E-state index >= 15 is 0 Å². The molecule has 7 heteroatoms. The van der Waals surface area contributed by atoms with Gasteiger partial charge in [0.1, 0.15) is 11.3 Å². The van der Waals surface area contributed by atoms with Gasteiger partial charge in [0.05, 0.1) is 11.3 Å². The Morgan fingerprint density at radius 2 is 1.93 bits per heavy atom. The molecule has 1 aromatic heterocycles. The number of fused-ring (bicyclic) bond motifs is 1. The molecule has 0 spiro atoms. The second-order valence-corrected chi connectivity index (χ2v) is 9.10. The number of carbonyl (C=O) groups is 1. The molecule has 3 rings (SSSR count). The lowest BCUT2D eigenvalue weighted by molar-refractivity contribution is 0.0985. The molecule has 0 saturated heterocycles. The van der Waals surface area contributed by atoms with E-state index < -0.39 is 0 Å². The maximum Gasteiger partial charge on any atom is 0.260 e. The number of rotatable bonds is 9. The Balaban J connectivity index is 1.99. The Bertz CT molecular complexity index is 972. The van der Waals surface area contributed by atoms with Crippen LogP contribution in [0.15, 0.2) is 47.4 Å². The summed E-state index contributed by atoms with van der Waals surface area (Å²) in [5.74, 6) is 1.70. The summed E-state index contributed by atoms with van der Waals surface area (Å²) in [4.78, 5) is 23.2. The summed E-state index contributed by atoms with van der Waals surface area (Å²) in [5.41, 5.74) is 1.50. The van der Waals surface area contributed by atoms with Crippen molar-refractivity contribution in [1.82, 2.24) is 9.88 Å². The average Bonchev–Trinajstić information content (AvgIpc) is 3.13. The molecule has 29 heavy (non-hydrogen) atoms. The van der Waals surface area contributed by atoms with Crippen molar-refractivity contribution in [3.05, 3.63) is 48.0 Å². The fraction of sp³-hybridized carbons (Fsp3) is 0.364. The number of para-hydroxylation sites is 1. The van der Waals surface area contributed by atoms with Crippen LogP contribution in [0.4, 0.5) is 5.13 Å². The first-order valence-electron chi connectivity index (χ1n) is 9.75. The van der Waals surface area contributed by atoms with Gasteiger partial charge >= 0.3 is 0 Å². The second kappa shape index (κ2) is 10.1. The topological polar surface area (TPSA) is 45.7 Å². The lowest BCUT2D eigenvalue weighted by atomic mass is 10.2. The van der Waals surface area contributed by atoms with Crippen molar-refractivity contribution in [1.29, 1.82) is 0 Å². The van der Waals surface area contributed by atoms with Gasteiger partial charge in [0, 0.05) is 23.5 Å². The van der Waals surface area contributed by atoms with Crippen LogP contribution in [-0.2, 0) is 0 Å². The van der Waals surface area contributed by atoms with Crippen LogP contribution < -0.4 is 9.64 Å². The van der Waals surface area contributed by atoms with Gasteiger partial charge in [-0.2, -0.15) is 0 Å². The van der Waals surface area contributed by atoms with Gasteiger partial charge in [0.25, 0.3) is 5.91 Å². The fourth-order valence-corrected chi connectivity index (χ4v) is 4.65. The SMILES string of the molecule is CCOc1cccc2sc(N(CCN(C)C)C(=O)c3cccc(SCC)c3)nc12. The van der Waals surface area contributed by atoms with E-state index in [-0.39, 0.29) is 5.91 Å². The molecular formula is C22H27N3O2S2. The Hall–Kier alpha value is -2.09. The Morgan fingerprint density at radius 1 is 1.14 bits per heavy atom. The van der Waals surface area contributed by atoms with Crippen LogP contribution in [0.5, 0.6) is 5.75 Å². The number of carbonyl (C=O) groups excluding carboxylic acids is 1. The molecule has 0 N–H and O–H groups in total. The minimum absolute atomic E-state index is 0.0255. The van der Waals surface area contributed by atoms with E-state index in [0.29, 0.717) is 23.8 Å². The summed E-state index contributed by atoms with van der Waals surface area (Å²) in [6.07, 6.45) is 0. The highest BCUT2D eigenvalue weighted by atomic mass is 32.2. The fourth-order valence-electron chi connectivity index (χ4n) is 2.92. The molecule has 2 aromatic carbocycles. The Labute approximate surface area is 180 Å². The molecule has 0 unspecified atom stereocenters. The number of aromatic nitrogens is 1. The number of ether oxygens (including phenoxy) is 1. The van der Waals surface area contributed by atoms with Gasteiger partial charge in [-0.1, -0.05) is 30.4 Å². The highest BCUT2D eigenvalue weighted by Crippen LogP contribution is 2.35. The predicted molar refractivity (Wildman–Crippen MR) is 124 cm³/mol.